The van der Waals surface area contributed by atoms with Gasteiger partial charge in [0, 0.05) is 12.3 Å². The standard InChI is InChI=1S/C21H23NO5/c1-15-4-2-5-17(12-15)22-20(23)14-27-21(24)16-7-9-18(10-8-16)26-13-19-6-3-11-25-19/h2,4-5,7-10,12,19H,3,6,11,13-14H2,1H3,(H,22,23)/t19-/m1/s1. The van der Waals surface area contributed by atoms with Crippen molar-refractivity contribution in [3.05, 3.63) is 59.7 Å². The van der Waals surface area contributed by atoms with E-state index >= 15 is 0 Å². The Kier molecular flexibility index (Phi) is 6.44. The smallest absolute Gasteiger partial charge is 0.338 e. The molecule has 1 fully saturated rings. The van der Waals surface area contributed by atoms with E-state index in [0.29, 0.717) is 23.6 Å². The van der Waals surface area contributed by atoms with Gasteiger partial charge in [0.15, 0.2) is 6.61 Å². The van der Waals surface area contributed by atoms with Crippen LogP contribution < -0.4 is 10.1 Å². The van der Waals surface area contributed by atoms with Crippen LogP contribution >= 0.6 is 0 Å². The molecule has 142 valence electrons. The van der Waals surface area contributed by atoms with Crippen LogP contribution in [0.3, 0.4) is 0 Å². The van der Waals surface area contributed by atoms with Crippen LogP contribution in [0.1, 0.15) is 28.8 Å². The Morgan fingerprint density at radius 3 is 2.70 bits per heavy atom. The van der Waals surface area contributed by atoms with Gasteiger partial charge in [-0.1, -0.05) is 12.1 Å². The van der Waals surface area contributed by atoms with Crippen LogP contribution in [-0.4, -0.2) is 37.8 Å². The van der Waals surface area contributed by atoms with Crippen molar-refractivity contribution in [3.8, 4) is 5.75 Å². The van der Waals surface area contributed by atoms with Crippen molar-refractivity contribution in [2.45, 2.75) is 25.9 Å². The monoisotopic (exact) mass is 369 g/mol. The van der Waals surface area contributed by atoms with Crippen molar-refractivity contribution < 1.29 is 23.8 Å². The summed E-state index contributed by atoms with van der Waals surface area (Å²) >= 11 is 0. The molecule has 1 saturated heterocycles. The number of anilines is 1. The van der Waals surface area contributed by atoms with Gasteiger partial charge in [0.25, 0.3) is 5.91 Å². The molecule has 3 rings (SSSR count). The molecule has 0 spiro atoms. The minimum absolute atomic E-state index is 0.140. The lowest BCUT2D eigenvalue weighted by atomic mass is 10.2. The van der Waals surface area contributed by atoms with E-state index in [2.05, 4.69) is 5.32 Å². The number of nitrogens with one attached hydrogen (secondary N) is 1. The Hall–Kier alpha value is -2.86. The number of carbonyl (C=O) groups excluding carboxylic acids is 2. The van der Waals surface area contributed by atoms with E-state index in [4.69, 9.17) is 14.2 Å². The Bertz CT molecular complexity index is 781. The number of amides is 1. The molecule has 1 aliphatic heterocycles. The van der Waals surface area contributed by atoms with Gasteiger partial charge in [0.2, 0.25) is 0 Å². The van der Waals surface area contributed by atoms with Crippen molar-refractivity contribution in [2.24, 2.45) is 0 Å². The first-order valence-electron chi connectivity index (χ1n) is 8.98. The number of carbonyl (C=O) groups is 2. The second-order valence-electron chi connectivity index (χ2n) is 6.46. The third-order valence-corrected chi connectivity index (χ3v) is 4.19. The first-order chi connectivity index (χ1) is 13.1. The predicted octanol–water partition coefficient (Wildman–Crippen LogP) is 3.35. The fourth-order valence-corrected chi connectivity index (χ4v) is 2.79. The first kappa shape index (κ1) is 18.9. The number of ether oxygens (including phenoxy) is 3. The highest BCUT2D eigenvalue weighted by atomic mass is 16.5. The van der Waals surface area contributed by atoms with E-state index in [-0.39, 0.29) is 18.6 Å². The zero-order valence-corrected chi connectivity index (χ0v) is 15.3. The van der Waals surface area contributed by atoms with Crippen LogP contribution in [0.2, 0.25) is 0 Å². The highest BCUT2D eigenvalue weighted by Gasteiger charge is 2.16. The molecule has 1 heterocycles. The minimum atomic E-state index is -0.555. The normalized spacial score (nSPS) is 16.0. The Labute approximate surface area is 158 Å². The van der Waals surface area contributed by atoms with Crippen LogP contribution in [0, 0.1) is 6.92 Å². The maximum Gasteiger partial charge on any atom is 0.338 e. The molecule has 0 aromatic heterocycles. The van der Waals surface area contributed by atoms with Crippen molar-refractivity contribution in [1.29, 1.82) is 0 Å². The molecule has 6 nitrogen and oxygen atoms in total. The molecular formula is C21H23NO5. The van der Waals surface area contributed by atoms with Gasteiger partial charge in [-0.25, -0.2) is 4.79 Å². The van der Waals surface area contributed by atoms with E-state index in [1.54, 1.807) is 30.3 Å². The maximum absolute atomic E-state index is 12.1. The van der Waals surface area contributed by atoms with Gasteiger partial charge in [0.1, 0.15) is 12.4 Å². The maximum atomic E-state index is 12.1. The van der Waals surface area contributed by atoms with Crippen molar-refractivity contribution in [3.63, 3.8) is 0 Å². The summed E-state index contributed by atoms with van der Waals surface area (Å²) in [5.41, 5.74) is 2.07. The molecule has 0 saturated carbocycles. The van der Waals surface area contributed by atoms with E-state index in [1.807, 2.05) is 25.1 Å². The lowest BCUT2D eigenvalue weighted by Crippen LogP contribution is -2.21. The van der Waals surface area contributed by atoms with Gasteiger partial charge in [-0.3, -0.25) is 4.79 Å². The zero-order valence-electron chi connectivity index (χ0n) is 15.3. The third-order valence-electron chi connectivity index (χ3n) is 4.19. The van der Waals surface area contributed by atoms with E-state index < -0.39 is 5.97 Å². The fourth-order valence-electron chi connectivity index (χ4n) is 2.79. The number of aryl methyl sites for hydroxylation is 1. The first-order valence-corrected chi connectivity index (χ1v) is 8.98. The lowest BCUT2D eigenvalue weighted by molar-refractivity contribution is -0.119. The summed E-state index contributed by atoms with van der Waals surface area (Å²) in [6.45, 7) is 2.88. The Morgan fingerprint density at radius 2 is 2.00 bits per heavy atom. The summed E-state index contributed by atoms with van der Waals surface area (Å²) in [5, 5.41) is 2.69. The zero-order chi connectivity index (χ0) is 19.1. The van der Waals surface area contributed by atoms with Gasteiger partial charge in [-0.2, -0.15) is 0 Å². The molecule has 0 radical (unpaired) electrons. The largest absolute Gasteiger partial charge is 0.491 e. The number of esters is 1. The summed E-state index contributed by atoms with van der Waals surface area (Å²) < 4.78 is 16.2. The highest BCUT2D eigenvalue weighted by molar-refractivity contribution is 5.95. The Morgan fingerprint density at radius 1 is 1.19 bits per heavy atom. The third kappa shape index (κ3) is 5.82. The Balaban J connectivity index is 1.43. The summed E-state index contributed by atoms with van der Waals surface area (Å²) in [7, 11) is 0. The molecule has 2 aromatic carbocycles. The van der Waals surface area contributed by atoms with Gasteiger partial charge >= 0.3 is 5.97 Å². The van der Waals surface area contributed by atoms with Gasteiger partial charge in [-0.15, -0.1) is 0 Å². The highest BCUT2D eigenvalue weighted by Crippen LogP contribution is 2.17. The average Bonchev–Trinajstić information content (AvgIpc) is 3.18. The lowest BCUT2D eigenvalue weighted by Gasteiger charge is -2.11. The van der Waals surface area contributed by atoms with E-state index in [9.17, 15) is 9.59 Å². The fraction of sp³-hybridized carbons (Fsp3) is 0.333. The topological polar surface area (TPSA) is 73.9 Å². The molecule has 0 unspecified atom stereocenters. The second-order valence-corrected chi connectivity index (χ2v) is 6.46. The average molecular weight is 369 g/mol. The van der Waals surface area contributed by atoms with Crippen molar-refractivity contribution in [2.75, 3.05) is 25.1 Å². The van der Waals surface area contributed by atoms with Crippen molar-refractivity contribution in [1.82, 2.24) is 0 Å². The summed E-state index contributed by atoms with van der Waals surface area (Å²) in [6.07, 6.45) is 2.22. The van der Waals surface area contributed by atoms with Crippen LogP contribution in [0.15, 0.2) is 48.5 Å². The quantitative estimate of drug-likeness (QED) is 0.758. The molecule has 1 aliphatic rings. The van der Waals surface area contributed by atoms with Crippen LogP contribution in [0.4, 0.5) is 5.69 Å². The van der Waals surface area contributed by atoms with Crippen LogP contribution in [0.5, 0.6) is 5.75 Å². The van der Waals surface area contributed by atoms with Gasteiger partial charge in [0.05, 0.1) is 11.7 Å². The molecule has 1 atom stereocenters. The van der Waals surface area contributed by atoms with E-state index in [1.165, 1.54) is 0 Å². The molecule has 6 heteroatoms. The summed E-state index contributed by atoms with van der Waals surface area (Å²) in [6, 6.07) is 14.0. The van der Waals surface area contributed by atoms with Gasteiger partial charge < -0.3 is 19.5 Å². The minimum Gasteiger partial charge on any atom is -0.491 e. The van der Waals surface area contributed by atoms with Crippen LogP contribution in [0.25, 0.3) is 0 Å². The van der Waals surface area contributed by atoms with E-state index in [0.717, 1.165) is 25.0 Å². The summed E-state index contributed by atoms with van der Waals surface area (Å²) in [4.78, 5) is 24.0. The molecule has 1 N–H and O–H groups in total. The van der Waals surface area contributed by atoms with Crippen molar-refractivity contribution >= 4 is 17.6 Å². The predicted molar refractivity (Wildman–Crippen MR) is 101 cm³/mol. The molecule has 0 bridgehead atoms. The summed E-state index contributed by atoms with van der Waals surface area (Å²) in [5.74, 6) is -0.273. The molecule has 27 heavy (non-hydrogen) atoms. The number of benzene rings is 2. The molecule has 0 aliphatic carbocycles. The van der Waals surface area contributed by atoms with Crippen LogP contribution in [-0.2, 0) is 14.3 Å². The molecule has 1 amide bonds. The number of hydrogen-bond donors (Lipinski definition) is 1. The number of hydrogen-bond acceptors (Lipinski definition) is 5. The van der Waals surface area contributed by atoms with Gasteiger partial charge in [-0.05, 0) is 61.7 Å². The SMILES string of the molecule is Cc1cccc(NC(=O)COC(=O)c2ccc(OC[C@H]3CCCO3)cc2)c1. The number of rotatable bonds is 7. The second kappa shape index (κ2) is 9.19. The molecular weight excluding hydrogens is 346 g/mol. The molecule has 2 aromatic rings.